The van der Waals surface area contributed by atoms with Gasteiger partial charge in [-0.2, -0.15) is 0 Å². The zero-order chi connectivity index (χ0) is 21.2. The normalized spacial score (nSPS) is 14.6. The molecule has 2 N–H and O–H groups in total. The SMILES string of the molecule is CCNC(=NCCc1ccc(NC(C)=O)cc1)N1CCN(Cc2ccccc2)CC1.I. The number of piperazine rings is 1. The number of aliphatic imine (C=N–C) groups is 1. The highest BCUT2D eigenvalue weighted by Gasteiger charge is 2.19. The van der Waals surface area contributed by atoms with E-state index in [2.05, 4.69) is 69.8 Å². The van der Waals surface area contributed by atoms with Crippen LogP contribution in [0, 0.1) is 0 Å². The van der Waals surface area contributed by atoms with Gasteiger partial charge in [0, 0.05) is 58.4 Å². The second-order valence-corrected chi connectivity index (χ2v) is 7.61. The predicted octanol–water partition coefficient (Wildman–Crippen LogP) is 3.59. The Morgan fingerprint density at radius 3 is 2.26 bits per heavy atom. The molecule has 1 aliphatic rings. The summed E-state index contributed by atoms with van der Waals surface area (Å²) in [5, 5.41) is 6.24. The molecule has 0 radical (unpaired) electrons. The van der Waals surface area contributed by atoms with Crippen molar-refractivity contribution in [2.75, 3.05) is 44.6 Å². The van der Waals surface area contributed by atoms with Crippen LogP contribution >= 0.6 is 24.0 Å². The maximum Gasteiger partial charge on any atom is 0.221 e. The van der Waals surface area contributed by atoms with E-state index < -0.39 is 0 Å². The topological polar surface area (TPSA) is 60.0 Å². The number of hydrogen-bond donors (Lipinski definition) is 2. The minimum atomic E-state index is -0.0495. The van der Waals surface area contributed by atoms with Gasteiger partial charge in [-0.25, -0.2) is 0 Å². The lowest BCUT2D eigenvalue weighted by molar-refractivity contribution is -0.114. The molecule has 0 atom stereocenters. The Kier molecular flexibility index (Phi) is 10.8. The van der Waals surface area contributed by atoms with Gasteiger partial charge in [-0.3, -0.25) is 14.7 Å². The van der Waals surface area contributed by atoms with Gasteiger partial charge in [0.05, 0.1) is 0 Å². The van der Waals surface area contributed by atoms with Gasteiger partial charge in [0.25, 0.3) is 0 Å². The molecule has 0 bridgehead atoms. The molecule has 168 valence electrons. The number of guanidine groups is 1. The lowest BCUT2D eigenvalue weighted by atomic mass is 10.1. The molecular formula is C24H34IN5O. The molecule has 0 aliphatic carbocycles. The average Bonchev–Trinajstić information content (AvgIpc) is 2.75. The van der Waals surface area contributed by atoms with Crippen LogP contribution in [0.15, 0.2) is 59.6 Å². The molecule has 6 nitrogen and oxygen atoms in total. The molecule has 7 heteroatoms. The van der Waals surface area contributed by atoms with Crippen molar-refractivity contribution in [2.24, 2.45) is 4.99 Å². The summed E-state index contributed by atoms with van der Waals surface area (Å²) in [5.41, 5.74) is 3.42. The summed E-state index contributed by atoms with van der Waals surface area (Å²) >= 11 is 0. The third-order valence-electron chi connectivity index (χ3n) is 5.19. The molecule has 0 aromatic heterocycles. The molecule has 2 aromatic rings. The highest BCUT2D eigenvalue weighted by molar-refractivity contribution is 14.0. The van der Waals surface area contributed by atoms with Gasteiger partial charge in [-0.05, 0) is 36.6 Å². The lowest BCUT2D eigenvalue weighted by Gasteiger charge is -2.36. The molecular weight excluding hydrogens is 501 g/mol. The number of nitrogens with one attached hydrogen (secondary N) is 2. The van der Waals surface area contributed by atoms with Crippen LogP contribution < -0.4 is 10.6 Å². The van der Waals surface area contributed by atoms with Gasteiger partial charge >= 0.3 is 0 Å². The molecule has 1 saturated heterocycles. The molecule has 1 heterocycles. The summed E-state index contributed by atoms with van der Waals surface area (Å²) in [7, 11) is 0. The number of anilines is 1. The molecule has 31 heavy (non-hydrogen) atoms. The zero-order valence-corrected chi connectivity index (χ0v) is 20.8. The third-order valence-corrected chi connectivity index (χ3v) is 5.19. The van der Waals surface area contributed by atoms with Crippen molar-refractivity contribution < 1.29 is 4.79 Å². The minimum absolute atomic E-state index is 0. The Morgan fingerprint density at radius 1 is 0.968 bits per heavy atom. The van der Waals surface area contributed by atoms with Crippen molar-refractivity contribution >= 4 is 41.5 Å². The van der Waals surface area contributed by atoms with Gasteiger partial charge in [-0.1, -0.05) is 42.5 Å². The van der Waals surface area contributed by atoms with Crippen LogP contribution in [-0.4, -0.2) is 60.9 Å². The molecule has 3 rings (SSSR count). The number of rotatable bonds is 7. The fraction of sp³-hybridized carbons (Fsp3) is 0.417. The first-order valence-corrected chi connectivity index (χ1v) is 10.8. The minimum Gasteiger partial charge on any atom is -0.357 e. The summed E-state index contributed by atoms with van der Waals surface area (Å²) in [5.74, 6) is 0.957. The zero-order valence-electron chi connectivity index (χ0n) is 18.5. The maximum absolute atomic E-state index is 11.1. The van der Waals surface area contributed by atoms with Gasteiger partial charge < -0.3 is 15.5 Å². The second kappa shape index (κ2) is 13.3. The Balaban J connectivity index is 0.00000341. The quantitative estimate of drug-likeness (QED) is 0.323. The molecule has 0 unspecified atom stereocenters. The molecule has 1 aliphatic heterocycles. The van der Waals surface area contributed by atoms with Crippen LogP contribution in [0.2, 0.25) is 0 Å². The van der Waals surface area contributed by atoms with Crippen LogP contribution in [-0.2, 0) is 17.8 Å². The van der Waals surface area contributed by atoms with Crippen molar-refractivity contribution in [3.05, 3.63) is 65.7 Å². The summed E-state index contributed by atoms with van der Waals surface area (Å²) in [6, 6.07) is 18.7. The summed E-state index contributed by atoms with van der Waals surface area (Å²) in [6.45, 7) is 10.3. The number of hydrogen-bond acceptors (Lipinski definition) is 3. The third kappa shape index (κ3) is 8.49. The van der Waals surface area contributed by atoms with Crippen molar-refractivity contribution in [1.29, 1.82) is 0 Å². The van der Waals surface area contributed by atoms with Gasteiger partial charge in [0.1, 0.15) is 0 Å². The largest absolute Gasteiger partial charge is 0.357 e. The number of nitrogens with zero attached hydrogens (tertiary/aromatic N) is 3. The molecule has 0 saturated carbocycles. The lowest BCUT2D eigenvalue weighted by Crippen LogP contribution is -2.52. The Morgan fingerprint density at radius 2 is 1.65 bits per heavy atom. The fourth-order valence-corrected chi connectivity index (χ4v) is 3.63. The average molecular weight is 535 g/mol. The van der Waals surface area contributed by atoms with Gasteiger partial charge in [0.2, 0.25) is 5.91 Å². The first-order valence-electron chi connectivity index (χ1n) is 10.8. The Labute approximate surface area is 203 Å². The molecule has 2 aromatic carbocycles. The smallest absolute Gasteiger partial charge is 0.221 e. The van der Waals surface area contributed by atoms with E-state index in [0.29, 0.717) is 0 Å². The molecule has 1 fully saturated rings. The van der Waals surface area contributed by atoms with Crippen LogP contribution in [0.4, 0.5) is 5.69 Å². The monoisotopic (exact) mass is 535 g/mol. The fourth-order valence-electron chi connectivity index (χ4n) is 3.63. The van der Waals surface area contributed by atoms with E-state index in [9.17, 15) is 4.79 Å². The van der Waals surface area contributed by atoms with Crippen molar-refractivity contribution in [1.82, 2.24) is 15.1 Å². The first kappa shape index (κ1) is 25.1. The Bertz CT molecular complexity index is 818. The van der Waals surface area contributed by atoms with E-state index in [4.69, 9.17) is 4.99 Å². The summed E-state index contributed by atoms with van der Waals surface area (Å²) in [6.07, 6.45) is 0.878. The van der Waals surface area contributed by atoms with Crippen molar-refractivity contribution in [3.63, 3.8) is 0 Å². The van der Waals surface area contributed by atoms with Gasteiger partial charge in [-0.15, -0.1) is 24.0 Å². The number of carbonyl (C=O) groups excluding carboxylic acids is 1. The van der Waals surface area contributed by atoms with Crippen LogP contribution in [0.25, 0.3) is 0 Å². The van der Waals surface area contributed by atoms with E-state index in [1.807, 2.05) is 12.1 Å². The second-order valence-electron chi connectivity index (χ2n) is 7.61. The number of halogens is 1. The summed E-state index contributed by atoms with van der Waals surface area (Å²) < 4.78 is 0. The van der Waals surface area contributed by atoms with Crippen LogP contribution in [0.5, 0.6) is 0 Å². The highest BCUT2D eigenvalue weighted by atomic mass is 127. The van der Waals surface area contributed by atoms with Crippen molar-refractivity contribution in [3.8, 4) is 0 Å². The molecule has 0 spiro atoms. The van der Waals surface area contributed by atoms with E-state index in [-0.39, 0.29) is 29.9 Å². The van der Waals surface area contributed by atoms with E-state index >= 15 is 0 Å². The maximum atomic E-state index is 11.1. The standard InChI is InChI=1S/C24H33N5O.HI/c1-3-25-24(26-14-13-21-9-11-23(12-10-21)27-20(2)30)29-17-15-28(16-18-29)19-22-7-5-4-6-8-22;/h4-12H,3,13-19H2,1-2H3,(H,25,26)(H,27,30);1H. The predicted molar refractivity (Wildman–Crippen MR) is 139 cm³/mol. The summed E-state index contributed by atoms with van der Waals surface area (Å²) in [4.78, 5) is 20.9. The van der Waals surface area contributed by atoms with Gasteiger partial charge in [0.15, 0.2) is 5.96 Å². The number of amides is 1. The van der Waals surface area contributed by atoms with Crippen LogP contribution in [0.3, 0.4) is 0 Å². The van der Waals surface area contributed by atoms with E-state index in [1.165, 1.54) is 18.1 Å². The Hall–Kier alpha value is -2.13. The highest BCUT2D eigenvalue weighted by Crippen LogP contribution is 2.11. The number of carbonyl (C=O) groups is 1. The molecule has 1 amide bonds. The van der Waals surface area contributed by atoms with E-state index in [1.54, 1.807) is 0 Å². The van der Waals surface area contributed by atoms with E-state index in [0.717, 1.165) is 63.9 Å². The van der Waals surface area contributed by atoms with Crippen LogP contribution in [0.1, 0.15) is 25.0 Å². The number of benzene rings is 2. The first-order chi connectivity index (χ1) is 14.6. The van der Waals surface area contributed by atoms with Crippen molar-refractivity contribution in [2.45, 2.75) is 26.8 Å².